The number of benzene rings is 1. The number of thioether (sulfide) groups is 1. The topological polar surface area (TPSA) is 101 Å². The lowest BCUT2D eigenvalue weighted by Gasteiger charge is -2.24. The number of hydrogen-bond donors (Lipinski definition) is 1. The molecule has 1 aromatic heterocycles. The highest BCUT2D eigenvalue weighted by atomic mass is 32.2. The van der Waals surface area contributed by atoms with Crippen molar-refractivity contribution in [2.75, 3.05) is 18.9 Å². The molecular formula is C18H19N3O5S. The molecule has 0 bridgehead atoms. The fourth-order valence-electron chi connectivity index (χ4n) is 2.71. The standard InChI is InChI=1S/C18H19N3O5S/c1-12-9-20(18(25)19-16(12)23)7-8-21-14(22)11-27-15(21)10-26-17(24)13-5-3-2-4-6-13/h2-6,9,15H,7-8,10-11H2,1H3,(H,19,23,25)/t15-/m1/s1. The lowest BCUT2D eigenvalue weighted by Crippen LogP contribution is -2.40. The number of aromatic nitrogens is 2. The average molecular weight is 389 g/mol. The molecule has 1 aliphatic rings. The van der Waals surface area contributed by atoms with Crippen LogP contribution in [0.5, 0.6) is 0 Å². The number of aromatic amines is 1. The normalized spacial score (nSPS) is 16.6. The Balaban J connectivity index is 1.61. The van der Waals surface area contributed by atoms with Gasteiger partial charge in [0.15, 0.2) is 0 Å². The van der Waals surface area contributed by atoms with E-state index >= 15 is 0 Å². The molecule has 1 saturated heterocycles. The quantitative estimate of drug-likeness (QED) is 0.726. The van der Waals surface area contributed by atoms with Crippen LogP contribution >= 0.6 is 11.8 Å². The van der Waals surface area contributed by atoms with Crippen molar-refractivity contribution in [3.63, 3.8) is 0 Å². The maximum Gasteiger partial charge on any atom is 0.338 e. The largest absolute Gasteiger partial charge is 0.459 e. The third-order valence-corrected chi connectivity index (χ3v) is 5.39. The number of H-pyrrole nitrogens is 1. The predicted molar refractivity (Wildman–Crippen MR) is 101 cm³/mol. The molecule has 27 heavy (non-hydrogen) atoms. The lowest BCUT2D eigenvalue weighted by atomic mass is 10.2. The molecule has 2 heterocycles. The molecule has 1 aliphatic heterocycles. The van der Waals surface area contributed by atoms with Gasteiger partial charge in [-0.05, 0) is 19.1 Å². The molecule has 1 aromatic carbocycles. The van der Waals surface area contributed by atoms with Gasteiger partial charge in [-0.3, -0.25) is 19.1 Å². The van der Waals surface area contributed by atoms with Crippen LogP contribution in [0, 0.1) is 6.92 Å². The summed E-state index contributed by atoms with van der Waals surface area (Å²) in [5.74, 6) is -0.217. The summed E-state index contributed by atoms with van der Waals surface area (Å²) in [6.45, 7) is 2.21. The first-order valence-electron chi connectivity index (χ1n) is 8.39. The molecule has 1 fully saturated rings. The third-order valence-electron chi connectivity index (χ3n) is 4.20. The summed E-state index contributed by atoms with van der Waals surface area (Å²) in [5.41, 5.74) is -0.0644. The Morgan fingerprint density at radius 2 is 1.96 bits per heavy atom. The van der Waals surface area contributed by atoms with Crippen molar-refractivity contribution in [2.45, 2.75) is 18.8 Å². The molecule has 0 radical (unpaired) electrons. The fraction of sp³-hybridized carbons (Fsp3) is 0.333. The lowest BCUT2D eigenvalue weighted by molar-refractivity contribution is -0.128. The Hall–Kier alpha value is -2.81. The summed E-state index contributed by atoms with van der Waals surface area (Å²) in [7, 11) is 0. The highest BCUT2D eigenvalue weighted by Crippen LogP contribution is 2.25. The van der Waals surface area contributed by atoms with Gasteiger partial charge in [0.25, 0.3) is 5.56 Å². The van der Waals surface area contributed by atoms with Crippen LogP contribution in [0.2, 0.25) is 0 Å². The van der Waals surface area contributed by atoms with E-state index in [-0.39, 0.29) is 31.0 Å². The number of rotatable bonds is 6. The van der Waals surface area contributed by atoms with E-state index in [9.17, 15) is 19.2 Å². The van der Waals surface area contributed by atoms with Gasteiger partial charge >= 0.3 is 11.7 Å². The maximum absolute atomic E-state index is 12.1. The number of aryl methyl sites for hydroxylation is 1. The Morgan fingerprint density at radius 1 is 1.22 bits per heavy atom. The average Bonchev–Trinajstić information content (AvgIpc) is 3.02. The highest BCUT2D eigenvalue weighted by molar-refractivity contribution is 8.01. The summed E-state index contributed by atoms with van der Waals surface area (Å²) < 4.78 is 6.69. The van der Waals surface area contributed by atoms with Gasteiger partial charge in [-0.15, -0.1) is 11.8 Å². The van der Waals surface area contributed by atoms with Crippen molar-refractivity contribution in [2.24, 2.45) is 0 Å². The number of nitrogens with zero attached hydrogens (tertiary/aromatic N) is 2. The monoisotopic (exact) mass is 389 g/mol. The Kier molecular flexibility index (Phi) is 5.80. The van der Waals surface area contributed by atoms with Gasteiger partial charge in [0.2, 0.25) is 5.91 Å². The smallest absolute Gasteiger partial charge is 0.338 e. The van der Waals surface area contributed by atoms with Gasteiger partial charge in [0.05, 0.1) is 11.3 Å². The Morgan fingerprint density at radius 3 is 2.70 bits per heavy atom. The molecule has 1 amide bonds. The molecule has 0 spiro atoms. The van der Waals surface area contributed by atoms with E-state index in [0.717, 1.165) is 0 Å². The number of ether oxygens (including phenoxy) is 1. The summed E-state index contributed by atoms with van der Waals surface area (Å²) in [5, 5.41) is -0.301. The molecule has 142 valence electrons. The first-order valence-corrected chi connectivity index (χ1v) is 9.44. The van der Waals surface area contributed by atoms with Gasteiger partial charge in [-0.1, -0.05) is 18.2 Å². The number of carbonyl (C=O) groups is 2. The minimum atomic E-state index is -0.517. The third kappa shape index (κ3) is 4.48. The number of hydrogen-bond acceptors (Lipinski definition) is 6. The van der Waals surface area contributed by atoms with Gasteiger partial charge in [-0.2, -0.15) is 0 Å². The molecule has 2 aromatic rings. The van der Waals surface area contributed by atoms with Gasteiger partial charge in [0.1, 0.15) is 12.0 Å². The molecule has 0 saturated carbocycles. The first-order chi connectivity index (χ1) is 13.0. The first kappa shape index (κ1) is 19.0. The van der Waals surface area contributed by atoms with Crippen molar-refractivity contribution >= 4 is 23.6 Å². The molecule has 0 unspecified atom stereocenters. The fourth-order valence-corrected chi connectivity index (χ4v) is 3.78. The van der Waals surface area contributed by atoms with E-state index in [1.54, 1.807) is 36.1 Å². The second kappa shape index (κ2) is 8.26. The second-order valence-electron chi connectivity index (χ2n) is 6.08. The van der Waals surface area contributed by atoms with Crippen LogP contribution in [0.15, 0.2) is 46.1 Å². The number of carbonyl (C=O) groups excluding carboxylic acids is 2. The molecule has 0 aliphatic carbocycles. The van der Waals surface area contributed by atoms with Crippen LogP contribution in [0.4, 0.5) is 0 Å². The molecule has 8 nitrogen and oxygen atoms in total. The van der Waals surface area contributed by atoms with E-state index < -0.39 is 17.2 Å². The van der Waals surface area contributed by atoms with E-state index in [4.69, 9.17) is 4.74 Å². The van der Waals surface area contributed by atoms with Crippen molar-refractivity contribution in [3.05, 3.63) is 68.5 Å². The van der Waals surface area contributed by atoms with Gasteiger partial charge < -0.3 is 9.64 Å². The van der Waals surface area contributed by atoms with E-state index in [2.05, 4.69) is 4.98 Å². The van der Waals surface area contributed by atoms with Crippen LogP contribution < -0.4 is 11.2 Å². The van der Waals surface area contributed by atoms with Crippen molar-refractivity contribution in [1.82, 2.24) is 14.5 Å². The Labute approximate surface area is 159 Å². The van der Waals surface area contributed by atoms with E-state index in [0.29, 0.717) is 16.9 Å². The van der Waals surface area contributed by atoms with Gasteiger partial charge in [0, 0.05) is 24.8 Å². The maximum atomic E-state index is 12.1. The van der Waals surface area contributed by atoms with Crippen molar-refractivity contribution in [1.29, 1.82) is 0 Å². The van der Waals surface area contributed by atoms with Crippen LogP contribution in [0.1, 0.15) is 15.9 Å². The summed E-state index contributed by atoms with van der Waals surface area (Å²) in [4.78, 5) is 51.3. The molecular weight excluding hydrogens is 370 g/mol. The van der Waals surface area contributed by atoms with E-state index in [1.807, 2.05) is 6.07 Å². The number of amides is 1. The predicted octanol–water partition coefficient (Wildman–Crippen LogP) is 0.604. The Bertz CT molecular complexity index is 953. The van der Waals surface area contributed by atoms with Crippen molar-refractivity contribution < 1.29 is 14.3 Å². The summed E-state index contributed by atoms with van der Waals surface area (Å²) in [6, 6.07) is 8.64. The minimum Gasteiger partial charge on any atom is -0.459 e. The summed E-state index contributed by atoms with van der Waals surface area (Å²) >= 11 is 1.39. The second-order valence-corrected chi connectivity index (χ2v) is 7.25. The zero-order chi connectivity index (χ0) is 19.4. The molecule has 1 N–H and O–H groups in total. The summed E-state index contributed by atoms with van der Waals surface area (Å²) in [6.07, 6.45) is 1.47. The molecule has 3 rings (SSSR count). The van der Waals surface area contributed by atoms with Crippen molar-refractivity contribution in [3.8, 4) is 0 Å². The zero-order valence-electron chi connectivity index (χ0n) is 14.7. The van der Waals surface area contributed by atoms with Gasteiger partial charge in [-0.25, -0.2) is 9.59 Å². The number of nitrogens with one attached hydrogen (secondary N) is 1. The molecule has 1 atom stereocenters. The number of esters is 1. The molecule has 9 heteroatoms. The minimum absolute atomic E-state index is 0.0731. The zero-order valence-corrected chi connectivity index (χ0v) is 15.5. The SMILES string of the molecule is Cc1cn(CCN2C(=O)CS[C@@H]2COC(=O)c2ccccc2)c(=O)[nH]c1=O. The van der Waals surface area contributed by atoms with Crippen LogP contribution in [0.25, 0.3) is 0 Å². The van der Waals surface area contributed by atoms with E-state index in [1.165, 1.54) is 22.5 Å². The van der Waals surface area contributed by atoms with Crippen LogP contribution in [-0.2, 0) is 16.1 Å². The highest BCUT2D eigenvalue weighted by Gasteiger charge is 2.32. The van der Waals surface area contributed by atoms with Crippen LogP contribution in [0.3, 0.4) is 0 Å². The van der Waals surface area contributed by atoms with Crippen LogP contribution in [-0.4, -0.2) is 50.6 Å².